The third kappa shape index (κ3) is 3.76. The summed E-state index contributed by atoms with van der Waals surface area (Å²) in [6, 6.07) is 19.7. The number of aromatic nitrogens is 2. The summed E-state index contributed by atoms with van der Waals surface area (Å²) in [5.74, 6) is 0.0473. The number of aromatic hydroxyl groups is 1. The predicted molar refractivity (Wildman–Crippen MR) is 114 cm³/mol. The molecule has 4 heteroatoms. The molecule has 28 heavy (non-hydrogen) atoms. The SMILES string of the molecule is O=c1c(C/C=C/c2ccccc2)c(O)ccn1CCc1c[nH]c2ccccc12. The molecule has 4 rings (SSSR count). The number of H-pyrrole nitrogens is 1. The van der Waals surface area contributed by atoms with Crippen molar-refractivity contribution in [3.63, 3.8) is 0 Å². The number of aryl methyl sites for hydroxylation is 2. The van der Waals surface area contributed by atoms with E-state index in [4.69, 9.17) is 0 Å². The number of para-hydroxylation sites is 1. The van der Waals surface area contributed by atoms with Crippen LogP contribution in [0.5, 0.6) is 5.75 Å². The molecule has 0 unspecified atom stereocenters. The summed E-state index contributed by atoms with van der Waals surface area (Å²) < 4.78 is 1.67. The molecule has 2 aromatic heterocycles. The molecule has 0 atom stereocenters. The highest BCUT2D eigenvalue weighted by Crippen LogP contribution is 2.19. The van der Waals surface area contributed by atoms with Gasteiger partial charge in [0, 0.05) is 29.8 Å². The van der Waals surface area contributed by atoms with Crippen LogP contribution in [0.25, 0.3) is 17.0 Å². The van der Waals surface area contributed by atoms with Gasteiger partial charge in [-0.2, -0.15) is 0 Å². The zero-order valence-electron chi connectivity index (χ0n) is 15.5. The lowest BCUT2D eigenvalue weighted by molar-refractivity contribution is 0.463. The van der Waals surface area contributed by atoms with Crippen molar-refractivity contribution in [1.29, 1.82) is 0 Å². The van der Waals surface area contributed by atoms with Crippen LogP contribution < -0.4 is 5.56 Å². The van der Waals surface area contributed by atoms with Crippen molar-refractivity contribution in [1.82, 2.24) is 9.55 Å². The van der Waals surface area contributed by atoms with Gasteiger partial charge in [-0.1, -0.05) is 60.7 Å². The molecule has 0 aliphatic heterocycles. The molecule has 0 amide bonds. The van der Waals surface area contributed by atoms with E-state index in [-0.39, 0.29) is 11.3 Å². The van der Waals surface area contributed by atoms with Gasteiger partial charge in [-0.3, -0.25) is 4.79 Å². The maximum Gasteiger partial charge on any atom is 0.257 e. The van der Waals surface area contributed by atoms with Gasteiger partial charge in [0.2, 0.25) is 0 Å². The van der Waals surface area contributed by atoms with E-state index in [1.54, 1.807) is 16.8 Å². The summed E-state index contributed by atoms with van der Waals surface area (Å²) >= 11 is 0. The first kappa shape index (κ1) is 17.9. The van der Waals surface area contributed by atoms with Gasteiger partial charge in [0.15, 0.2) is 0 Å². The number of hydrogen-bond acceptors (Lipinski definition) is 2. The van der Waals surface area contributed by atoms with E-state index in [1.165, 1.54) is 10.9 Å². The average Bonchev–Trinajstić information content (AvgIpc) is 3.14. The summed E-state index contributed by atoms with van der Waals surface area (Å²) in [4.78, 5) is 16.1. The van der Waals surface area contributed by atoms with Crippen molar-refractivity contribution in [2.75, 3.05) is 0 Å². The Morgan fingerprint density at radius 3 is 2.64 bits per heavy atom. The minimum atomic E-state index is -0.141. The molecule has 4 nitrogen and oxygen atoms in total. The maximum atomic E-state index is 12.8. The Balaban J connectivity index is 1.51. The normalized spacial score (nSPS) is 11.4. The third-order valence-corrected chi connectivity index (χ3v) is 4.97. The molecule has 0 fully saturated rings. The van der Waals surface area contributed by atoms with E-state index in [9.17, 15) is 9.90 Å². The van der Waals surface area contributed by atoms with E-state index in [1.807, 2.05) is 66.9 Å². The fourth-order valence-electron chi connectivity index (χ4n) is 3.44. The minimum Gasteiger partial charge on any atom is -0.507 e. The van der Waals surface area contributed by atoms with E-state index in [0.717, 1.165) is 17.5 Å². The average molecular weight is 370 g/mol. The number of aromatic amines is 1. The van der Waals surface area contributed by atoms with Crippen LogP contribution >= 0.6 is 0 Å². The van der Waals surface area contributed by atoms with Gasteiger partial charge in [0.25, 0.3) is 5.56 Å². The largest absolute Gasteiger partial charge is 0.507 e. The first-order valence-electron chi connectivity index (χ1n) is 9.40. The Morgan fingerprint density at radius 1 is 1.00 bits per heavy atom. The molecule has 0 radical (unpaired) electrons. The quantitative estimate of drug-likeness (QED) is 0.524. The first-order valence-corrected chi connectivity index (χ1v) is 9.40. The van der Waals surface area contributed by atoms with Crippen molar-refractivity contribution in [2.45, 2.75) is 19.4 Å². The van der Waals surface area contributed by atoms with Crippen molar-refractivity contribution in [3.05, 3.63) is 106 Å². The summed E-state index contributed by atoms with van der Waals surface area (Å²) in [5, 5.41) is 11.3. The summed E-state index contributed by atoms with van der Waals surface area (Å²) in [5.41, 5.74) is 3.63. The van der Waals surface area contributed by atoms with E-state index in [0.29, 0.717) is 18.5 Å². The van der Waals surface area contributed by atoms with Crippen molar-refractivity contribution >= 4 is 17.0 Å². The number of nitrogens with zero attached hydrogens (tertiary/aromatic N) is 1. The van der Waals surface area contributed by atoms with Crippen molar-refractivity contribution in [3.8, 4) is 5.75 Å². The summed E-state index contributed by atoms with van der Waals surface area (Å²) in [7, 11) is 0. The second-order valence-electron chi connectivity index (χ2n) is 6.80. The zero-order valence-corrected chi connectivity index (χ0v) is 15.5. The van der Waals surface area contributed by atoms with Gasteiger partial charge in [0.05, 0.1) is 5.56 Å². The van der Waals surface area contributed by atoms with Crippen LogP contribution in [0, 0.1) is 0 Å². The van der Waals surface area contributed by atoms with Gasteiger partial charge < -0.3 is 14.7 Å². The zero-order chi connectivity index (χ0) is 19.3. The third-order valence-electron chi connectivity index (χ3n) is 4.97. The number of fused-ring (bicyclic) bond motifs is 1. The Morgan fingerprint density at radius 2 is 1.79 bits per heavy atom. The highest BCUT2D eigenvalue weighted by molar-refractivity contribution is 5.83. The van der Waals surface area contributed by atoms with E-state index < -0.39 is 0 Å². The van der Waals surface area contributed by atoms with Crippen LogP contribution in [0.4, 0.5) is 0 Å². The number of hydrogen-bond donors (Lipinski definition) is 2. The van der Waals surface area contributed by atoms with Crippen LogP contribution in [0.1, 0.15) is 16.7 Å². The lowest BCUT2D eigenvalue weighted by Gasteiger charge is -2.09. The van der Waals surface area contributed by atoms with Crippen LogP contribution in [0.15, 0.2) is 83.9 Å². The topological polar surface area (TPSA) is 58.0 Å². The van der Waals surface area contributed by atoms with Crippen LogP contribution in [-0.2, 0) is 19.4 Å². The summed E-state index contributed by atoms with van der Waals surface area (Å²) in [6.45, 7) is 0.566. The Kier molecular flexibility index (Phi) is 5.11. The standard InChI is InChI=1S/C24H22N2O2/c27-23-14-16-26(15-13-19-17-25-22-12-5-4-10-20(19)22)24(28)21(23)11-6-9-18-7-2-1-3-8-18/h1-10,12,14,16-17,25,27H,11,13,15H2/b9-6+. The fraction of sp³-hybridized carbons (Fsp3) is 0.125. The van der Waals surface area contributed by atoms with Gasteiger partial charge in [-0.05, 0) is 36.1 Å². The number of benzene rings is 2. The summed E-state index contributed by atoms with van der Waals surface area (Å²) in [6.07, 6.45) is 8.68. The van der Waals surface area contributed by atoms with Gasteiger partial charge in [-0.15, -0.1) is 0 Å². The predicted octanol–water partition coefficient (Wildman–Crippen LogP) is 4.53. The van der Waals surface area contributed by atoms with Crippen LogP contribution in [0.3, 0.4) is 0 Å². The molecule has 0 aliphatic rings. The second-order valence-corrected chi connectivity index (χ2v) is 6.80. The molecule has 4 aromatic rings. The van der Waals surface area contributed by atoms with Gasteiger partial charge >= 0.3 is 0 Å². The van der Waals surface area contributed by atoms with Crippen LogP contribution in [-0.4, -0.2) is 14.7 Å². The molecule has 2 aromatic carbocycles. The Labute approximate surface area is 163 Å². The van der Waals surface area contributed by atoms with Crippen LogP contribution in [0.2, 0.25) is 0 Å². The van der Waals surface area contributed by atoms with Crippen molar-refractivity contribution in [2.24, 2.45) is 0 Å². The molecule has 2 N–H and O–H groups in total. The number of pyridine rings is 1. The molecule has 0 bridgehead atoms. The number of nitrogens with one attached hydrogen (secondary N) is 1. The smallest absolute Gasteiger partial charge is 0.257 e. The molecule has 2 heterocycles. The first-order chi connectivity index (χ1) is 13.7. The Bertz CT molecular complexity index is 1170. The lowest BCUT2D eigenvalue weighted by atomic mass is 10.1. The number of allylic oxidation sites excluding steroid dienone is 1. The van der Waals surface area contributed by atoms with E-state index in [2.05, 4.69) is 11.1 Å². The molecule has 0 saturated carbocycles. The molecule has 140 valence electrons. The Hall–Kier alpha value is -3.53. The van der Waals surface area contributed by atoms with Gasteiger partial charge in [0.1, 0.15) is 5.75 Å². The maximum absolute atomic E-state index is 12.8. The minimum absolute atomic E-state index is 0.0473. The number of rotatable bonds is 6. The molecule has 0 aliphatic carbocycles. The molecule has 0 saturated heterocycles. The van der Waals surface area contributed by atoms with E-state index >= 15 is 0 Å². The highest BCUT2D eigenvalue weighted by Gasteiger charge is 2.09. The van der Waals surface area contributed by atoms with Crippen molar-refractivity contribution < 1.29 is 5.11 Å². The fourth-order valence-corrected chi connectivity index (χ4v) is 3.44. The lowest BCUT2D eigenvalue weighted by Crippen LogP contribution is -2.23. The molecule has 0 spiro atoms. The molecular formula is C24H22N2O2. The molecular weight excluding hydrogens is 348 g/mol. The second kappa shape index (κ2) is 8.01. The van der Waals surface area contributed by atoms with Gasteiger partial charge in [-0.25, -0.2) is 0 Å². The highest BCUT2D eigenvalue weighted by atomic mass is 16.3. The monoisotopic (exact) mass is 370 g/mol.